The van der Waals surface area contributed by atoms with Crippen molar-refractivity contribution in [1.82, 2.24) is 0 Å². The second-order valence-corrected chi connectivity index (χ2v) is 5.14. The van der Waals surface area contributed by atoms with Crippen molar-refractivity contribution in [3.05, 3.63) is 28.2 Å². The molecule has 1 heterocycles. The van der Waals surface area contributed by atoms with E-state index in [9.17, 15) is 5.26 Å². The lowest BCUT2D eigenvalue weighted by Crippen LogP contribution is -2.27. The zero-order valence-corrected chi connectivity index (χ0v) is 12.0. The molecule has 1 aliphatic rings. The zero-order chi connectivity index (χ0) is 13.1. The average Bonchev–Trinajstić information content (AvgIpc) is 2.81. The molecule has 5 heteroatoms. The van der Waals surface area contributed by atoms with Gasteiger partial charge in [0.25, 0.3) is 0 Å². The van der Waals surface area contributed by atoms with Gasteiger partial charge in [-0.3, -0.25) is 0 Å². The second-order valence-electron chi connectivity index (χ2n) is 4.23. The van der Waals surface area contributed by atoms with Crippen LogP contribution < -0.4 is 4.90 Å². The molecule has 0 spiro atoms. The van der Waals surface area contributed by atoms with Crippen LogP contribution in [0.2, 0.25) is 0 Å². The molecule has 1 aromatic rings. The summed E-state index contributed by atoms with van der Waals surface area (Å²) in [6, 6.07) is 7.95. The minimum Gasteiger partial charge on any atom is -0.377 e. The molecule has 1 fully saturated rings. The summed E-state index contributed by atoms with van der Waals surface area (Å²) in [4.78, 5) is 2.13. The third kappa shape index (κ3) is 2.51. The maximum Gasteiger partial charge on any atom is 0.102 e. The van der Waals surface area contributed by atoms with E-state index in [-0.39, 0.29) is 12.2 Å². The van der Waals surface area contributed by atoms with Gasteiger partial charge in [-0.2, -0.15) is 5.26 Å². The molecule has 1 saturated heterocycles. The van der Waals surface area contributed by atoms with Crippen LogP contribution >= 0.6 is 15.9 Å². The van der Waals surface area contributed by atoms with Crippen LogP contribution in [0.1, 0.15) is 5.56 Å². The Balaban J connectivity index is 2.26. The van der Waals surface area contributed by atoms with E-state index in [4.69, 9.17) is 9.47 Å². The highest BCUT2D eigenvalue weighted by molar-refractivity contribution is 9.10. The number of rotatable bonds is 3. The maximum atomic E-state index is 9.19. The van der Waals surface area contributed by atoms with E-state index in [0.29, 0.717) is 5.56 Å². The monoisotopic (exact) mass is 310 g/mol. The van der Waals surface area contributed by atoms with Crippen molar-refractivity contribution in [2.75, 3.05) is 32.2 Å². The van der Waals surface area contributed by atoms with Gasteiger partial charge in [0.1, 0.15) is 18.3 Å². The van der Waals surface area contributed by atoms with Gasteiger partial charge in [0.15, 0.2) is 0 Å². The highest BCUT2D eigenvalue weighted by Crippen LogP contribution is 2.28. The van der Waals surface area contributed by atoms with Gasteiger partial charge in [-0.1, -0.05) is 15.9 Å². The summed E-state index contributed by atoms with van der Waals surface area (Å²) >= 11 is 3.38. The lowest BCUT2D eigenvalue weighted by Gasteiger charge is -2.19. The van der Waals surface area contributed by atoms with Gasteiger partial charge >= 0.3 is 0 Å². The minimum atomic E-state index is 0.0465. The number of nitrogens with zero attached hydrogens (tertiary/aromatic N) is 2. The Morgan fingerprint density at radius 2 is 1.89 bits per heavy atom. The summed E-state index contributed by atoms with van der Waals surface area (Å²) in [5, 5.41) is 9.19. The summed E-state index contributed by atoms with van der Waals surface area (Å²) in [5.74, 6) is 0. The molecule has 0 bridgehead atoms. The third-order valence-corrected chi connectivity index (χ3v) is 3.73. The van der Waals surface area contributed by atoms with Crippen molar-refractivity contribution in [1.29, 1.82) is 5.26 Å². The van der Waals surface area contributed by atoms with Gasteiger partial charge in [0, 0.05) is 31.8 Å². The van der Waals surface area contributed by atoms with Gasteiger partial charge in [0.2, 0.25) is 0 Å². The molecular weight excluding hydrogens is 296 g/mol. The number of nitriles is 1. The molecule has 1 aromatic carbocycles. The van der Waals surface area contributed by atoms with Crippen LogP contribution in [-0.2, 0) is 9.47 Å². The second kappa shape index (κ2) is 5.70. The van der Waals surface area contributed by atoms with Gasteiger partial charge in [0.05, 0.1) is 11.3 Å². The quantitative estimate of drug-likeness (QED) is 0.858. The highest BCUT2D eigenvalue weighted by Gasteiger charge is 2.33. The van der Waals surface area contributed by atoms with Crippen molar-refractivity contribution >= 4 is 21.6 Å². The van der Waals surface area contributed by atoms with E-state index in [2.05, 4.69) is 26.9 Å². The number of ether oxygens (including phenoxy) is 2. The molecule has 2 rings (SSSR count). The molecule has 1 aliphatic heterocycles. The first-order chi connectivity index (χ1) is 8.69. The molecule has 18 heavy (non-hydrogen) atoms. The summed E-state index contributed by atoms with van der Waals surface area (Å²) in [7, 11) is 3.37. The third-order valence-electron chi connectivity index (χ3n) is 3.24. The van der Waals surface area contributed by atoms with Crippen molar-refractivity contribution in [2.24, 2.45) is 0 Å². The molecule has 0 saturated carbocycles. The Hall–Kier alpha value is -1.09. The van der Waals surface area contributed by atoms with Gasteiger partial charge in [-0.25, -0.2) is 0 Å². The van der Waals surface area contributed by atoms with Crippen molar-refractivity contribution in [3.63, 3.8) is 0 Å². The van der Waals surface area contributed by atoms with Crippen LogP contribution in [-0.4, -0.2) is 39.5 Å². The Bertz CT molecular complexity index is 461. The molecule has 0 aliphatic carbocycles. The number of benzene rings is 1. The largest absolute Gasteiger partial charge is 0.377 e. The van der Waals surface area contributed by atoms with Gasteiger partial charge < -0.3 is 14.4 Å². The molecule has 96 valence electrons. The highest BCUT2D eigenvalue weighted by atomic mass is 79.9. The molecule has 0 N–H and O–H groups in total. The van der Waals surface area contributed by atoms with Gasteiger partial charge in [-0.15, -0.1) is 0 Å². The minimum absolute atomic E-state index is 0.0465. The van der Waals surface area contributed by atoms with Crippen LogP contribution in [0.3, 0.4) is 0 Å². The average molecular weight is 311 g/mol. The molecule has 0 aromatic heterocycles. The number of methoxy groups -OCH3 is 2. The summed E-state index contributed by atoms with van der Waals surface area (Å²) < 4.78 is 11.7. The zero-order valence-electron chi connectivity index (χ0n) is 10.4. The summed E-state index contributed by atoms with van der Waals surface area (Å²) in [5.41, 5.74) is 1.60. The van der Waals surface area contributed by atoms with Crippen LogP contribution in [0, 0.1) is 11.3 Å². The first-order valence-corrected chi connectivity index (χ1v) is 6.49. The predicted molar refractivity (Wildman–Crippen MR) is 72.7 cm³/mol. The first-order valence-electron chi connectivity index (χ1n) is 5.69. The molecule has 4 nitrogen and oxygen atoms in total. The fourth-order valence-corrected chi connectivity index (χ4v) is 2.63. The fourth-order valence-electron chi connectivity index (χ4n) is 2.27. The lowest BCUT2D eigenvalue weighted by molar-refractivity contribution is -0.00461. The smallest absolute Gasteiger partial charge is 0.102 e. The predicted octanol–water partition coefficient (Wildman–Crippen LogP) is 2.17. The van der Waals surface area contributed by atoms with Crippen LogP contribution in [0.5, 0.6) is 0 Å². The summed E-state index contributed by atoms with van der Waals surface area (Å²) in [6.07, 6.45) is 0.0929. The number of halogens is 1. The van der Waals surface area contributed by atoms with Crippen molar-refractivity contribution in [3.8, 4) is 6.07 Å². The molecular formula is C13H15BrN2O2. The van der Waals surface area contributed by atoms with E-state index < -0.39 is 0 Å². The van der Waals surface area contributed by atoms with E-state index in [0.717, 1.165) is 23.2 Å². The van der Waals surface area contributed by atoms with Crippen molar-refractivity contribution < 1.29 is 9.47 Å². The van der Waals surface area contributed by atoms with Crippen LogP contribution in [0.4, 0.5) is 5.69 Å². The van der Waals surface area contributed by atoms with E-state index in [1.54, 1.807) is 14.2 Å². The van der Waals surface area contributed by atoms with Gasteiger partial charge in [-0.05, 0) is 18.2 Å². The Morgan fingerprint density at radius 3 is 2.39 bits per heavy atom. The molecule has 0 radical (unpaired) electrons. The Kier molecular flexibility index (Phi) is 4.23. The van der Waals surface area contributed by atoms with E-state index in [1.807, 2.05) is 18.2 Å². The van der Waals surface area contributed by atoms with Crippen molar-refractivity contribution in [2.45, 2.75) is 12.2 Å². The standard InChI is InChI=1S/C13H15BrN2O2/c1-17-12-7-16(8-13(12)18-2)11-4-3-10(14)5-9(11)6-15/h3-5,12-13H,7-8H2,1-2H3. The van der Waals surface area contributed by atoms with Crippen LogP contribution in [0.25, 0.3) is 0 Å². The first kappa shape index (κ1) is 13.3. The number of hydrogen-bond acceptors (Lipinski definition) is 4. The summed E-state index contributed by atoms with van der Waals surface area (Å²) in [6.45, 7) is 1.48. The van der Waals surface area contributed by atoms with E-state index >= 15 is 0 Å². The molecule has 2 unspecified atom stereocenters. The van der Waals surface area contributed by atoms with Crippen LogP contribution in [0.15, 0.2) is 22.7 Å². The Labute approximate surface area is 115 Å². The normalized spacial score (nSPS) is 23.1. The maximum absolute atomic E-state index is 9.19. The number of anilines is 1. The Morgan fingerprint density at radius 1 is 1.28 bits per heavy atom. The molecule has 2 atom stereocenters. The van der Waals surface area contributed by atoms with E-state index in [1.165, 1.54) is 0 Å². The fraction of sp³-hybridized carbons (Fsp3) is 0.462. The molecule has 0 amide bonds. The lowest BCUT2D eigenvalue weighted by atomic mass is 10.2. The topological polar surface area (TPSA) is 45.5 Å². The SMILES string of the molecule is COC1CN(c2ccc(Br)cc2C#N)CC1OC. The number of hydrogen-bond donors (Lipinski definition) is 0.